The van der Waals surface area contributed by atoms with E-state index in [2.05, 4.69) is 92.9 Å². The van der Waals surface area contributed by atoms with Gasteiger partial charge >= 0.3 is 30.1 Å². The van der Waals surface area contributed by atoms with E-state index in [1.165, 1.54) is 14.2 Å². The number of nitrogen functional groups attached to an aromatic ring is 1. The predicted molar refractivity (Wildman–Crippen MR) is 443 cm³/mol. The van der Waals surface area contributed by atoms with Crippen molar-refractivity contribution in [3.8, 4) is 22.3 Å². The van der Waals surface area contributed by atoms with Crippen LogP contribution in [-0.2, 0) is 76.7 Å². The van der Waals surface area contributed by atoms with E-state index in [1.54, 1.807) is 55.1 Å². The molecule has 2 aromatic heterocycles. The number of ether oxygens (including phenoxy) is 4. The number of hydrogen-bond acceptors (Lipinski definition) is 15. The highest BCUT2D eigenvalue weighted by Gasteiger charge is 2.33. The van der Waals surface area contributed by atoms with Gasteiger partial charge in [0.05, 0.1) is 14.2 Å². The van der Waals surface area contributed by atoms with Gasteiger partial charge < -0.3 is 56.4 Å². The molecule has 0 spiro atoms. The molecule has 572 valence electrons. The molecule has 4 atom stereocenters. The minimum Gasteiger partial charge on any atom is -0.480 e. The number of aromatic nitrogens is 2. The first-order valence-electron chi connectivity index (χ1n) is 35.3. The van der Waals surface area contributed by atoms with Crippen molar-refractivity contribution in [1.82, 2.24) is 31.2 Å². The largest absolute Gasteiger partial charge is 0.480 e. The van der Waals surface area contributed by atoms with Gasteiger partial charge in [-0.3, -0.25) is 14.8 Å². The van der Waals surface area contributed by atoms with Crippen molar-refractivity contribution in [2.24, 2.45) is 0 Å². The minimum atomic E-state index is -1.12. The average molecular weight is 1520 g/mol. The van der Waals surface area contributed by atoms with E-state index < -0.39 is 54.2 Å². The number of methoxy groups -OCH3 is 2. The first kappa shape index (κ1) is 85.3. The van der Waals surface area contributed by atoms with Crippen LogP contribution in [0, 0.1) is 13.8 Å². The number of esters is 2. The summed E-state index contributed by atoms with van der Waals surface area (Å²) in [6, 6.07) is 62.9. The fourth-order valence-electron chi connectivity index (χ4n) is 13.4. The first-order valence-corrected chi connectivity index (χ1v) is 36.1. The molecule has 2 aliphatic rings. The van der Waals surface area contributed by atoms with Crippen molar-refractivity contribution in [3.05, 3.63) is 309 Å². The highest BCUT2D eigenvalue weighted by Crippen LogP contribution is 2.46. The van der Waals surface area contributed by atoms with Gasteiger partial charge in [0, 0.05) is 84.8 Å². The summed E-state index contributed by atoms with van der Waals surface area (Å²) in [6.45, 7) is 8.44. The van der Waals surface area contributed by atoms with Gasteiger partial charge in [0.1, 0.15) is 47.4 Å². The molecule has 2 aliphatic carbocycles. The van der Waals surface area contributed by atoms with E-state index in [-0.39, 0.29) is 66.1 Å². The number of fused-ring (bicyclic) bond motifs is 6. The fraction of sp³-hybridized carbons (Fsp3) is 0.258. The Bertz CT molecular complexity index is 4710. The topological polar surface area (TPSA) is 272 Å². The highest BCUT2D eigenvalue weighted by atomic mass is 32.1. The minimum absolute atomic E-state index is 0. The molecule has 3 unspecified atom stereocenters. The van der Waals surface area contributed by atoms with Crippen molar-refractivity contribution in [1.29, 1.82) is 0 Å². The van der Waals surface area contributed by atoms with Crippen LogP contribution in [0.1, 0.15) is 126 Å². The molecule has 0 fully saturated rings. The fourth-order valence-corrected chi connectivity index (χ4v) is 14.3. The zero-order chi connectivity index (χ0) is 75.9. The highest BCUT2D eigenvalue weighted by molar-refractivity contribution is 7.81. The molecular weight excluding hydrogens is 1420 g/mol. The standard InChI is InChI=1S/C43H42N4O5S.C23H20N2O4.C20H24N2O2S.3CH4/c1-4-30-13-9-11-27(2)39(30)41(53)46-38(42(49)51-3)23-28-18-20-31(21-19-28)45-40(48)37(24-29-12-10-22-44-25-29)47-43(50)52-26-36-34-16-7-5-14-32(34)33-15-6-8-17-35(33)36;26-22(27)21(12-15-6-5-11-24-13-15)25-23(28)29-14-20-18-9-3-1-7-16(18)17-8-2-4-10-19(17)20;1-4-15-7-5-6-13(2)18(15)19(25)22-17(20(23)24-3)12-14-8-10-16(21)11-9-14;;;/h5-22,25,36-38H,4,23-24,26H2,1-3H3,(H,45,48)(H,46,53)(H,47,50);1-11,13,20-21H,12,14H2,(H,25,28)(H,26,27);5-11,17H,4,12,21H2,1-3H3,(H,22,25);3*1H4/t37?,38-;;;;;/m0...../s1. The molecule has 8 aromatic carbocycles. The number of thiocarbonyl (C=S) groups is 2. The third-order valence-electron chi connectivity index (χ3n) is 18.8. The van der Waals surface area contributed by atoms with E-state index >= 15 is 0 Å². The van der Waals surface area contributed by atoms with Crippen LogP contribution in [0.3, 0.4) is 0 Å². The molecule has 110 heavy (non-hydrogen) atoms. The summed E-state index contributed by atoms with van der Waals surface area (Å²) in [6.07, 6.45) is 7.85. The quantitative estimate of drug-likeness (QED) is 0.0121. The Morgan fingerprint density at radius 3 is 1.17 bits per heavy atom. The van der Waals surface area contributed by atoms with Gasteiger partial charge in [0.2, 0.25) is 5.91 Å². The molecule has 19 nitrogen and oxygen atoms in total. The Labute approximate surface area is 656 Å². The molecule has 3 amide bonds. The summed E-state index contributed by atoms with van der Waals surface area (Å²) in [5.74, 6) is -2.51. The van der Waals surface area contributed by atoms with Crippen LogP contribution in [0.15, 0.2) is 231 Å². The summed E-state index contributed by atoms with van der Waals surface area (Å²) in [5.41, 5.74) is 25.5. The average Bonchev–Trinajstić information content (AvgIpc) is 1.62. The maximum absolute atomic E-state index is 13.7. The van der Waals surface area contributed by atoms with Gasteiger partial charge in [-0.05, 0) is 152 Å². The molecule has 0 radical (unpaired) electrons. The first-order chi connectivity index (χ1) is 51.8. The number of carbonyl (C=O) groups is 6. The second-order valence-electron chi connectivity index (χ2n) is 25.9. The van der Waals surface area contributed by atoms with Crippen molar-refractivity contribution in [2.45, 2.75) is 125 Å². The number of alkyl carbamates (subject to hydrolysis) is 2. The number of rotatable bonds is 25. The van der Waals surface area contributed by atoms with Gasteiger partial charge in [0.15, 0.2) is 0 Å². The van der Waals surface area contributed by atoms with Crippen LogP contribution in [0.2, 0.25) is 0 Å². The predicted octanol–water partition coefficient (Wildman–Crippen LogP) is 15.8. The summed E-state index contributed by atoms with van der Waals surface area (Å²) in [7, 11) is 2.73. The van der Waals surface area contributed by atoms with E-state index in [0.717, 1.165) is 113 Å². The van der Waals surface area contributed by atoms with Gasteiger partial charge in [-0.15, -0.1) is 0 Å². The third-order valence-corrected chi connectivity index (χ3v) is 19.5. The van der Waals surface area contributed by atoms with Gasteiger partial charge in [0.25, 0.3) is 0 Å². The number of aryl methyl sites for hydroxylation is 4. The lowest BCUT2D eigenvalue weighted by atomic mass is 9.98. The molecule has 0 aliphatic heterocycles. The van der Waals surface area contributed by atoms with Gasteiger partial charge in [-0.1, -0.05) is 230 Å². The Kier molecular flexibility index (Phi) is 32.1. The van der Waals surface area contributed by atoms with E-state index in [0.29, 0.717) is 34.2 Å². The zero-order valence-corrected chi connectivity index (χ0v) is 62.0. The molecule has 0 bridgehead atoms. The summed E-state index contributed by atoms with van der Waals surface area (Å²) in [5, 5.41) is 24.0. The molecule has 8 N–H and O–H groups in total. The molecule has 0 saturated heterocycles. The zero-order valence-electron chi connectivity index (χ0n) is 60.4. The number of aliphatic carboxylic acids is 1. The van der Waals surface area contributed by atoms with E-state index in [4.69, 9.17) is 49.1 Å². The number of anilines is 2. The molecule has 12 rings (SSSR count). The van der Waals surface area contributed by atoms with Crippen LogP contribution in [0.25, 0.3) is 22.3 Å². The number of benzene rings is 8. The van der Waals surface area contributed by atoms with Gasteiger partial charge in [-0.25, -0.2) is 24.0 Å². The van der Waals surface area contributed by atoms with Crippen LogP contribution in [0.4, 0.5) is 21.0 Å². The lowest BCUT2D eigenvalue weighted by molar-refractivity contribution is -0.143. The number of amides is 3. The summed E-state index contributed by atoms with van der Waals surface area (Å²) in [4.78, 5) is 85.0. The monoisotopic (exact) mass is 1520 g/mol. The van der Waals surface area contributed by atoms with Crippen molar-refractivity contribution in [2.75, 3.05) is 38.5 Å². The van der Waals surface area contributed by atoms with Crippen molar-refractivity contribution in [3.63, 3.8) is 0 Å². The van der Waals surface area contributed by atoms with E-state index in [9.17, 15) is 33.9 Å². The Hall–Kier alpha value is -11.9. The molecule has 0 saturated carbocycles. The number of nitrogens with zero attached hydrogens (tertiary/aromatic N) is 2. The number of carboxylic acids is 1. The van der Waals surface area contributed by atoms with Crippen LogP contribution < -0.4 is 32.3 Å². The van der Waals surface area contributed by atoms with Crippen LogP contribution in [0.5, 0.6) is 0 Å². The van der Waals surface area contributed by atoms with Crippen molar-refractivity contribution < 1.29 is 52.8 Å². The number of pyridine rings is 2. The SMILES string of the molecule is C.C.C.CCc1cccc(C)c1C(=S)NC(Cc1ccc(N)cc1)C(=O)OC.CCc1cccc(C)c1C(=S)N[C@@H](Cc1ccc(NC(=O)C(Cc2cccnc2)NC(=O)OCC2c3ccccc3-c3ccccc32)cc1)C(=O)OC.O=C(NC(Cc1cccnc1)C(=O)O)OCC1c2ccccc2-c2ccccc21. The molecular formula is C89H98N8O11S2. The third kappa shape index (κ3) is 22.1. The summed E-state index contributed by atoms with van der Waals surface area (Å²) >= 11 is 11.4. The lowest BCUT2D eigenvalue weighted by Crippen LogP contribution is -2.45. The molecule has 21 heteroatoms. The normalized spacial score (nSPS) is 12.3. The van der Waals surface area contributed by atoms with Crippen LogP contribution >= 0.6 is 24.4 Å². The second kappa shape index (κ2) is 41.4. The Balaban J connectivity index is 0.000000249. The van der Waals surface area contributed by atoms with E-state index in [1.807, 2.05) is 147 Å². The summed E-state index contributed by atoms with van der Waals surface area (Å²) < 4.78 is 21.2. The Morgan fingerprint density at radius 1 is 0.445 bits per heavy atom. The maximum atomic E-state index is 13.7. The smallest absolute Gasteiger partial charge is 0.407 e. The second-order valence-corrected chi connectivity index (χ2v) is 26.7. The van der Waals surface area contributed by atoms with Crippen molar-refractivity contribution >= 4 is 81.8 Å². The number of nitrogens with one attached hydrogen (secondary N) is 5. The number of nitrogens with two attached hydrogens (primary N) is 1. The van der Waals surface area contributed by atoms with Crippen LogP contribution in [-0.4, -0.2) is 113 Å². The Morgan fingerprint density at radius 2 is 0.809 bits per heavy atom. The molecule has 10 aromatic rings. The van der Waals surface area contributed by atoms with Gasteiger partial charge in [-0.2, -0.15) is 0 Å². The number of hydrogen-bond donors (Lipinski definition) is 7. The number of carbonyl (C=O) groups excluding carboxylic acids is 5. The maximum Gasteiger partial charge on any atom is 0.407 e. The lowest BCUT2D eigenvalue weighted by Gasteiger charge is -2.21. The molecule has 2 heterocycles. The number of carboxylic acid groups (broad SMARTS) is 1.